The number of aromatic nitrogens is 3. The van der Waals surface area contributed by atoms with E-state index in [0.717, 1.165) is 0 Å². The Labute approximate surface area is 152 Å². The number of carbonyl (C=O) groups is 1. The van der Waals surface area contributed by atoms with Crippen molar-refractivity contribution in [2.75, 3.05) is 6.61 Å². The first-order valence-corrected chi connectivity index (χ1v) is 9.31. The van der Waals surface area contributed by atoms with Crippen LogP contribution in [-0.2, 0) is 6.42 Å². The molecule has 2 fully saturated rings. The van der Waals surface area contributed by atoms with E-state index in [0.29, 0.717) is 48.0 Å². The second kappa shape index (κ2) is 7.05. The molecule has 1 N–H and O–H groups in total. The molecule has 4 rings (SSSR count). The Morgan fingerprint density at radius 1 is 1.38 bits per heavy atom. The van der Waals surface area contributed by atoms with Gasteiger partial charge in [0, 0.05) is 25.6 Å². The molecule has 0 radical (unpaired) electrons. The van der Waals surface area contributed by atoms with E-state index in [9.17, 15) is 4.79 Å². The third-order valence-electron chi connectivity index (χ3n) is 4.75. The second-order valence-electron chi connectivity index (χ2n) is 7.45. The zero-order chi connectivity index (χ0) is 18.1. The number of carbonyl (C=O) groups excluding carboxylic acids is 1. The van der Waals surface area contributed by atoms with Gasteiger partial charge in [0.1, 0.15) is 0 Å². The minimum absolute atomic E-state index is 0.138. The van der Waals surface area contributed by atoms with E-state index in [2.05, 4.69) is 20.4 Å². The predicted molar refractivity (Wildman–Crippen MR) is 94.1 cm³/mol. The highest BCUT2D eigenvalue weighted by Crippen LogP contribution is 2.41. The molecule has 1 unspecified atom stereocenters. The van der Waals surface area contributed by atoms with E-state index < -0.39 is 0 Å². The van der Waals surface area contributed by atoms with Gasteiger partial charge in [0.2, 0.25) is 5.89 Å². The Morgan fingerprint density at radius 3 is 2.85 bits per heavy atom. The molecule has 1 amide bonds. The summed E-state index contributed by atoms with van der Waals surface area (Å²) in [5.74, 6) is 2.66. The molecule has 7 heteroatoms. The van der Waals surface area contributed by atoms with Crippen molar-refractivity contribution >= 4 is 5.91 Å². The van der Waals surface area contributed by atoms with Gasteiger partial charge in [-0.1, -0.05) is 5.16 Å². The summed E-state index contributed by atoms with van der Waals surface area (Å²) in [6.07, 6.45) is 7.11. The van der Waals surface area contributed by atoms with Crippen molar-refractivity contribution in [2.24, 2.45) is 5.92 Å². The number of nitrogens with zero attached hydrogens (tertiary/aromatic N) is 3. The van der Waals surface area contributed by atoms with Crippen LogP contribution in [0.4, 0.5) is 0 Å². The summed E-state index contributed by atoms with van der Waals surface area (Å²) in [6.45, 7) is 4.31. The third kappa shape index (κ3) is 4.20. The van der Waals surface area contributed by atoms with Crippen LogP contribution in [0.15, 0.2) is 16.8 Å². The summed E-state index contributed by atoms with van der Waals surface area (Å²) in [5, 5.41) is 6.83. The summed E-state index contributed by atoms with van der Waals surface area (Å²) in [6, 6.07) is 1.86. The van der Waals surface area contributed by atoms with Crippen molar-refractivity contribution in [3.8, 4) is 5.75 Å². The first-order valence-electron chi connectivity index (χ1n) is 9.31. The average molecular weight is 356 g/mol. The van der Waals surface area contributed by atoms with Crippen molar-refractivity contribution in [2.45, 2.75) is 57.9 Å². The molecular formula is C19H24N4O3. The van der Waals surface area contributed by atoms with Crippen molar-refractivity contribution in [1.82, 2.24) is 20.4 Å². The van der Waals surface area contributed by atoms with E-state index in [-0.39, 0.29) is 11.9 Å². The van der Waals surface area contributed by atoms with Gasteiger partial charge in [-0.3, -0.25) is 4.79 Å². The number of hydrogen-bond donors (Lipinski definition) is 1. The third-order valence-corrected chi connectivity index (χ3v) is 4.75. The molecule has 2 saturated carbocycles. The number of hydrogen-bond acceptors (Lipinski definition) is 6. The van der Waals surface area contributed by atoms with Crippen molar-refractivity contribution in [1.29, 1.82) is 0 Å². The Hall–Kier alpha value is -2.44. The fourth-order valence-corrected chi connectivity index (χ4v) is 2.91. The van der Waals surface area contributed by atoms with Gasteiger partial charge in [-0.05, 0) is 56.1 Å². The molecule has 2 heterocycles. The molecule has 7 nitrogen and oxygen atoms in total. The van der Waals surface area contributed by atoms with Crippen LogP contribution in [0.3, 0.4) is 0 Å². The summed E-state index contributed by atoms with van der Waals surface area (Å²) < 4.78 is 10.9. The highest BCUT2D eigenvalue weighted by Gasteiger charge is 2.28. The van der Waals surface area contributed by atoms with Gasteiger partial charge in [0.15, 0.2) is 17.3 Å². The van der Waals surface area contributed by atoms with Gasteiger partial charge in [-0.15, -0.1) is 0 Å². The predicted octanol–water partition coefficient (Wildman–Crippen LogP) is 2.80. The Bertz CT molecular complexity index is 796. The smallest absolute Gasteiger partial charge is 0.273 e. The van der Waals surface area contributed by atoms with E-state index in [4.69, 9.17) is 9.26 Å². The van der Waals surface area contributed by atoms with E-state index in [1.165, 1.54) is 31.2 Å². The van der Waals surface area contributed by atoms with Crippen molar-refractivity contribution < 1.29 is 14.1 Å². The molecule has 2 aliphatic rings. The topological polar surface area (TPSA) is 90.1 Å². The summed E-state index contributed by atoms with van der Waals surface area (Å²) >= 11 is 0. The van der Waals surface area contributed by atoms with Crippen LogP contribution < -0.4 is 10.1 Å². The summed E-state index contributed by atoms with van der Waals surface area (Å²) in [4.78, 5) is 21.3. The highest BCUT2D eigenvalue weighted by atomic mass is 16.5. The van der Waals surface area contributed by atoms with Crippen LogP contribution in [0.5, 0.6) is 5.75 Å². The quantitative estimate of drug-likeness (QED) is 0.782. The molecule has 138 valence electrons. The van der Waals surface area contributed by atoms with Crippen molar-refractivity contribution in [3.63, 3.8) is 0 Å². The number of amides is 1. The number of ether oxygens (including phenoxy) is 1. The average Bonchev–Trinajstić information content (AvgIpc) is 3.52. The van der Waals surface area contributed by atoms with Crippen LogP contribution in [0, 0.1) is 12.8 Å². The molecule has 2 aliphatic carbocycles. The summed E-state index contributed by atoms with van der Waals surface area (Å²) in [7, 11) is 0. The molecular weight excluding hydrogens is 332 g/mol. The summed E-state index contributed by atoms with van der Waals surface area (Å²) in [5.41, 5.74) is 1.52. The Morgan fingerprint density at radius 2 is 2.19 bits per heavy atom. The molecule has 0 spiro atoms. The van der Waals surface area contributed by atoms with Crippen LogP contribution in [0.25, 0.3) is 0 Å². The lowest BCUT2D eigenvalue weighted by Crippen LogP contribution is -2.35. The molecule has 0 bridgehead atoms. The maximum Gasteiger partial charge on any atom is 0.273 e. The largest absolute Gasteiger partial charge is 0.491 e. The molecule has 0 aromatic carbocycles. The number of pyridine rings is 1. The first kappa shape index (κ1) is 17.0. The first-order chi connectivity index (χ1) is 12.6. The number of rotatable bonds is 8. The van der Waals surface area contributed by atoms with Gasteiger partial charge in [0.05, 0.1) is 6.61 Å². The second-order valence-corrected chi connectivity index (χ2v) is 7.45. The SMILES string of the molecule is Cc1nc(CC(C)NC(=O)c2ncc(C3CC3)cc2OCC2CC2)no1. The van der Waals surface area contributed by atoms with E-state index in [1.54, 1.807) is 6.92 Å². The standard InChI is InChI=1S/C19H24N4O3/c1-11(7-17-22-12(2)26-23-17)21-19(24)18-16(25-10-13-3-4-13)8-15(9-20-18)14-5-6-14/h8-9,11,13-14H,3-7,10H2,1-2H3,(H,21,24). The number of nitrogens with one attached hydrogen (secondary N) is 1. The number of aryl methyl sites for hydroxylation is 1. The lowest BCUT2D eigenvalue weighted by Gasteiger charge is -2.15. The molecule has 26 heavy (non-hydrogen) atoms. The Balaban J connectivity index is 1.44. The minimum atomic E-state index is -0.231. The Kier molecular flexibility index (Phi) is 4.61. The zero-order valence-corrected chi connectivity index (χ0v) is 15.2. The van der Waals surface area contributed by atoms with E-state index >= 15 is 0 Å². The van der Waals surface area contributed by atoms with Crippen LogP contribution in [0.2, 0.25) is 0 Å². The van der Waals surface area contributed by atoms with Gasteiger partial charge < -0.3 is 14.6 Å². The van der Waals surface area contributed by atoms with Gasteiger partial charge in [-0.2, -0.15) is 4.98 Å². The van der Waals surface area contributed by atoms with Crippen LogP contribution >= 0.6 is 0 Å². The molecule has 0 saturated heterocycles. The monoisotopic (exact) mass is 356 g/mol. The maximum atomic E-state index is 12.7. The van der Waals surface area contributed by atoms with E-state index in [1.807, 2.05) is 19.2 Å². The fourth-order valence-electron chi connectivity index (χ4n) is 2.91. The highest BCUT2D eigenvalue weighted by molar-refractivity contribution is 5.95. The minimum Gasteiger partial charge on any atom is -0.491 e. The van der Waals surface area contributed by atoms with Crippen LogP contribution in [-0.4, -0.2) is 33.7 Å². The fraction of sp³-hybridized carbons (Fsp3) is 0.579. The molecule has 2 aromatic heterocycles. The maximum absolute atomic E-state index is 12.7. The van der Waals surface area contributed by atoms with Gasteiger partial charge in [0.25, 0.3) is 5.91 Å². The lowest BCUT2D eigenvalue weighted by atomic mass is 10.1. The van der Waals surface area contributed by atoms with Gasteiger partial charge in [-0.25, -0.2) is 4.98 Å². The molecule has 0 aliphatic heterocycles. The van der Waals surface area contributed by atoms with Gasteiger partial charge >= 0.3 is 0 Å². The lowest BCUT2D eigenvalue weighted by molar-refractivity contribution is 0.0929. The molecule has 2 aromatic rings. The van der Waals surface area contributed by atoms with Crippen molar-refractivity contribution in [3.05, 3.63) is 35.2 Å². The van der Waals surface area contributed by atoms with Crippen LogP contribution in [0.1, 0.15) is 66.3 Å². The zero-order valence-electron chi connectivity index (χ0n) is 15.2. The normalized spacial score (nSPS) is 17.8. The molecule has 1 atom stereocenters.